The average molecular weight is 219 g/mol. The van der Waals surface area contributed by atoms with E-state index in [0.29, 0.717) is 0 Å². The molecule has 0 aromatic rings. The maximum atomic E-state index is 10.5. The Kier molecular flexibility index (Phi) is 3.25. The molecule has 0 aromatic carbocycles. The van der Waals surface area contributed by atoms with Crippen molar-refractivity contribution in [2.24, 2.45) is 0 Å². The van der Waals surface area contributed by atoms with E-state index in [-0.39, 0.29) is 15.8 Å². The second-order valence-corrected chi connectivity index (χ2v) is 6.83. The Balaban J connectivity index is 2.29. The average Bonchev–Trinajstić information content (AvgIpc) is 2.37. The van der Waals surface area contributed by atoms with Gasteiger partial charge in [0.25, 0.3) is 0 Å². The Morgan fingerprint density at radius 3 is 3.00 bits per heavy atom. The first-order chi connectivity index (χ1) is 5.24. The minimum atomic E-state index is -0.741. The summed E-state index contributed by atoms with van der Waals surface area (Å²) in [4.78, 5) is 12.0. The predicted molar refractivity (Wildman–Crippen MR) is 45.6 cm³/mol. The summed E-state index contributed by atoms with van der Waals surface area (Å²) in [5.74, 6) is 0. The molecule has 3 nitrogen and oxygen atoms in total. The standard InChI is InChI=1S/C7H14AsNO2/c1-2-8-6-3-4-9(5-6)7(10)11/h6,8H,2-5H2,1H3,(H,10,11)/t6-/m1/s1. The van der Waals surface area contributed by atoms with Crippen molar-refractivity contribution in [2.45, 2.75) is 23.3 Å². The summed E-state index contributed by atoms with van der Waals surface area (Å²) in [6.45, 7) is 3.77. The molecule has 0 bridgehead atoms. The number of amides is 1. The Labute approximate surface area is 73.4 Å². The molecule has 1 aliphatic rings. The van der Waals surface area contributed by atoms with Crippen LogP contribution in [0.25, 0.3) is 0 Å². The van der Waals surface area contributed by atoms with Crippen LogP contribution in [0.1, 0.15) is 13.3 Å². The molecule has 2 atom stereocenters. The fourth-order valence-electron chi connectivity index (χ4n) is 1.39. The fourth-order valence-corrected chi connectivity index (χ4v) is 4.03. The number of rotatable bonds is 2. The molecule has 4 heteroatoms. The van der Waals surface area contributed by atoms with Crippen LogP contribution in [0.4, 0.5) is 4.79 Å². The molecule has 1 heterocycles. The summed E-state index contributed by atoms with van der Waals surface area (Å²) in [5.41, 5.74) is 0. The number of nitrogens with zero attached hydrogens (tertiary/aromatic N) is 1. The second kappa shape index (κ2) is 4.01. The van der Waals surface area contributed by atoms with E-state index in [1.54, 1.807) is 4.90 Å². The van der Waals surface area contributed by atoms with E-state index < -0.39 is 6.09 Å². The first-order valence-electron chi connectivity index (χ1n) is 3.95. The molecule has 64 valence electrons. The van der Waals surface area contributed by atoms with E-state index in [0.717, 1.165) is 24.2 Å². The molecular formula is C7H14AsNO2. The summed E-state index contributed by atoms with van der Waals surface area (Å²) < 4.78 is 0.746. The van der Waals surface area contributed by atoms with E-state index in [9.17, 15) is 4.79 Å². The molecule has 11 heavy (non-hydrogen) atoms. The molecule has 0 aliphatic carbocycles. The molecule has 0 aromatic heterocycles. The zero-order valence-electron chi connectivity index (χ0n) is 6.71. The van der Waals surface area contributed by atoms with Crippen LogP contribution >= 0.6 is 0 Å². The van der Waals surface area contributed by atoms with Crippen molar-refractivity contribution in [1.29, 1.82) is 0 Å². The molecule has 1 unspecified atom stereocenters. The van der Waals surface area contributed by atoms with Gasteiger partial charge >= 0.3 is 73.0 Å². The molecule has 0 spiro atoms. The zero-order chi connectivity index (χ0) is 8.27. The third-order valence-corrected chi connectivity index (χ3v) is 5.01. The van der Waals surface area contributed by atoms with E-state index in [2.05, 4.69) is 6.92 Å². The van der Waals surface area contributed by atoms with Crippen LogP contribution in [0.2, 0.25) is 9.91 Å². The molecule has 1 fully saturated rings. The Bertz CT molecular complexity index is 151. The van der Waals surface area contributed by atoms with Crippen LogP contribution < -0.4 is 0 Å². The van der Waals surface area contributed by atoms with E-state index >= 15 is 0 Å². The molecule has 1 amide bonds. The number of carbonyl (C=O) groups is 1. The molecule has 1 saturated heterocycles. The van der Waals surface area contributed by atoms with Crippen LogP contribution in [0.3, 0.4) is 0 Å². The van der Waals surface area contributed by atoms with Crippen molar-refractivity contribution >= 4 is 21.8 Å². The van der Waals surface area contributed by atoms with Gasteiger partial charge in [0.05, 0.1) is 0 Å². The number of likely N-dealkylation sites (tertiary alicyclic amines) is 1. The second-order valence-electron chi connectivity index (χ2n) is 2.77. The molecule has 1 N–H and O–H groups in total. The van der Waals surface area contributed by atoms with Crippen molar-refractivity contribution in [3.05, 3.63) is 0 Å². The first kappa shape index (κ1) is 8.92. The van der Waals surface area contributed by atoms with Crippen LogP contribution in [0, 0.1) is 0 Å². The van der Waals surface area contributed by atoms with Gasteiger partial charge in [-0.3, -0.25) is 0 Å². The summed E-state index contributed by atoms with van der Waals surface area (Å²) in [6, 6.07) is 0. The predicted octanol–water partition coefficient (Wildman–Crippen LogP) is 1.03. The normalized spacial score (nSPS) is 25.2. The van der Waals surface area contributed by atoms with Crippen LogP contribution in [-0.2, 0) is 0 Å². The third kappa shape index (κ3) is 2.40. The van der Waals surface area contributed by atoms with Gasteiger partial charge in [-0.05, 0) is 0 Å². The maximum absolute atomic E-state index is 10.5. The number of hydrogen-bond acceptors (Lipinski definition) is 1. The van der Waals surface area contributed by atoms with Crippen molar-refractivity contribution in [2.75, 3.05) is 13.1 Å². The van der Waals surface area contributed by atoms with Gasteiger partial charge in [0.2, 0.25) is 0 Å². The summed E-state index contributed by atoms with van der Waals surface area (Å²) in [7, 11) is 0. The van der Waals surface area contributed by atoms with Crippen molar-refractivity contribution in [1.82, 2.24) is 4.90 Å². The first-order valence-corrected chi connectivity index (χ1v) is 6.64. The van der Waals surface area contributed by atoms with E-state index in [1.165, 1.54) is 5.21 Å². The van der Waals surface area contributed by atoms with Gasteiger partial charge in [-0.1, -0.05) is 0 Å². The van der Waals surface area contributed by atoms with Crippen molar-refractivity contribution in [3.63, 3.8) is 0 Å². The van der Waals surface area contributed by atoms with Gasteiger partial charge in [-0.2, -0.15) is 0 Å². The SMILES string of the molecule is CC[AsH][C@@H]1CCN(C(=O)O)C1. The van der Waals surface area contributed by atoms with Gasteiger partial charge in [-0.15, -0.1) is 0 Å². The van der Waals surface area contributed by atoms with Crippen molar-refractivity contribution < 1.29 is 9.90 Å². The Hall–Kier alpha value is -0.172. The zero-order valence-corrected chi connectivity index (χ0v) is 8.81. The quantitative estimate of drug-likeness (QED) is 0.704. The van der Waals surface area contributed by atoms with Gasteiger partial charge in [-0.25, -0.2) is 0 Å². The van der Waals surface area contributed by atoms with Crippen LogP contribution in [-0.4, -0.2) is 44.9 Å². The number of carboxylic acid groups (broad SMARTS) is 1. The van der Waals surface area contributed by atoms with Crippen LogP contribution in [0.5, 0.6) is 0 Å². The third-order valence-electron chi connectivity index (χ3n) is 1.95. The molecular weight excluding hydrogens is 205 g/mol. The van der Waals surface area contributed by atoms with Crippen LogP contribution in [0.15, 0.2) is 0 Å². The summed E-state index contributed by atoms with van der Waals surface area (Å²) in [5, 5.41) is 9.93. The minimum absolute atomic E-state index is 0.143. The van der Waals surface area contributed by atoms with E-state index in [4.69, 9.17) is 5.11 Å². The van der Waals surface area contributed by atoms with Gasteiger partial charge in [0, 0.05) is 0 Å². The van der Waals surface area contributed by atoms with Gasteiger partial charge in [0.15, 0.2) is 0 Å². The van der Waals surface area contributed by atoms with E-state index in [1.807, 2.05) is 0 Å². The monoisotopic (exact) mass is 219 g/mol. The summed E-state index contributed by atoms with van der Waals surface area (Å²) in [6.07, 6.45) is 0.371. The number of hydrogen-bond donors (Lipinski definition) is 1. The summed E-state index contributed by atoms with van der Waals surface area (Å²) >= 11 is 0.143. The Morgan fingerprint density at radius 1 is 1.82 bits per heavy atom. The van der Waals surface area contributed by atoms with Gasteiger partial charge in [0.1, 0.15) is 0 Å². The molecule has 1 rings (SSSR count). The molecule has 0 radical (unpaired) electrons. The van der Waals surface area contributed by atoms with Gasteiger partial charge < -0.3 is 0 Å². The Morgan fingerprint density at radius 2 is 2.55 bits per heavy atom. The molecule has 1 aliphatic heterocycles. The van der Waals surface area contributed by atoms with Crippen molar-refractivity contribution in [3.8, 4) is 0 Å². The fraction of sp³-hybridized carbons (Fsp3) is 0.857. The molecule has 0 saturated carbocycles. The topological polar surface area (TPSA) is 40.5 Å².